The number of fused-ring (bicyclic) bond motifs is 1. The van der Waals surface area contributed by atoms with Gasteiger partial charge in [0.05, 0.1) is 11.4 Å². The SMILES string of the molecule is Cc1cc(-n2nc3c(c2N)[C@H](C)NCC3)cc(C)c1F. The summed E-state index contributed by atoms with van der Waals surface area (Å²) in [4.78, 5) is 0. The van der Waals surface area contributed by atoms with Crippen molar-refractivity contribution in [2.75, 3.05) is 12.3 Å². The zero-order valence-electron chi connectivity index (χ0n) is 12.0. The van der Waals surface area contributed by atoms with Crippen LogP contribution in [0.5, 0.6) is 0 Å². The van der Waals surface area contributed by atoms with Crippen LogP contribution in [0.4, 0.5) is 10.2 Å². The molecule has 0 spiro atoms. The summed E-state index contributed by atoms with van der Waals surface area (Å²) in [6.45, 7) is 6.51. The molecule has 3 rings (SSSR count). The minimum atomic E-state index is -0.167. The molecule has 0 fully saturated rings. The third-order valence-corrected chi connectivity index (χ3v) is 3.95. The van der Waals surface area contributed by atoms with Crippen LogP contribution in [-0.2, 0) is 6.42 Å². The molecular weight excluding hydrogens is 255 g/mol. The van der Waals surface area contributed by atoms with Gasteiger partial charge in [0.1, 0.15) is 11.6 Å². The summed E-state index contributed by atoms with van der Waals surface area (Å²) in [7, 11) is 0. The Bertz CT molecular complexity index is 652. The maximum atomic E-state index is 13.7. The number of nitrogens with zero attached hydrogens (tertiary/aromatic N) is 2. The van der Waals surface area contributed by atoms with Gasteiger partial charge >= 0.3 is 0 Å². The topological polar surface area (TPSA) is 55.9 Å². The van der Waals surface area contributed by atoms with Crippen LogP contribution in [0.25, 0.3) is 5.69 Å². The van der Waals surface area contributed by atoms with Crippen LogP contribution >= 0.6 is 0 Å². The molecule has 4 nitrogen and oxygen atoms in total. The Morgan fingerprint density at radius 3 is 2.60 bits per heavy atom. The highest BCUT2D eigenvalue weighted by molar-refractivity contribution is 5.53. The monoisotopic (exact) mass is 274 g/mol. The molecule has 0 saturated carbocycles. The van der Waals surface area contributed by atoms with E-state index in [-0.39, 0.29) is 11.9 Å². The van der Waals surface area contributed by atoms with Gasteiger partial charge in [0.2, 0.25) is 0 Å². The number of aryl methyl sites for hydroxylation is 2. The van der Waals surface area contributed by atoms with Gasteiger partial charge in [0.15, 0.2) is 0 Å². The zero-order valence-corrected chi connectivity index (χ0v) is 12.0. The van der Waals surface area contributed by atoms with Crippen LogP contribution < -0.4 is 11.1 Å². The predicted molar refractivity (Wildman–Crippen MR) is 77.5 cm³/mol. The standard InChI is InChI=1S/C15H19FN4/c1-8-6-11(7-9(2)14(8)16)20-15(17)13-10(3)18-5-4-12(13)19-20/h6-7,10,18H,4-5,17H2,1-3H3/t10-/m0/s1. The fourth-order valence-corrected chi connectivity index (χ4v) is 2.90. The summed E-state index contributed by atoms with van der Waals surface area (Å²) in [5.41, 5.74) is 10.4. The Hall–Kier alpha value is -1.88. The molecule has 0 aliphatic carbocycles. The molecule has 0 amide bonds. The van der Waals surface area contributed by atoms with E-state index in [1.54, 1.807) is 30.7 Å². The van der Waals surface area contributed by atoms with E-state index in [1.165, 1.54) is 0 Å². The molecule has 1 aliphatic rings. The zero-order chi connectivity index (χ0) is 14.4. The number of nitrogen functional groups attached to an aromatic ring is 1. The smallest absolute Gasteiger partial charge is 0.132 e. The fourth-order valence-electron chi connectivity index (χ4n) is 2.90. The van der Waals surface area contributed by atoms with Gasteiger partial charge in [-0.05, 0) is 44.0 Å². The lowest BCUT2D eigenvalue weighted by atomic mass is 10.0. The Morgan fingerprint density at radius 2 is 2.00 bits per heavy atom. The molecular formula is C15H19FN4. The summed E-state index contributed by atoms with van der Waals surface area (Å²) in [6, 6.07) is 3.78. The molecule has 0 saturated heterocycles. The Kier molecular flexibility index (Phi) is 3.01. The number of rotatable bonds is 1. The summed E-state index contributed by atoms with van der Waals surface area (Å²) in [5, 5.41) is 7.99. The summed E-state index contributed by atoms with van der Waals surface area (Å²) in [5.74, 6) is 0.476. The molecule has 1 aromatic carbocycles. The Morgan fingerprint density at radius 1 is 1.35 bits per heavy atom. The van der Waals surface area contributed by atoms with E-state index in [0.29, 0.717) is 16.9 Å². The van der Waals surface area contributed by atoms with Crippen molar-refractivity contribution >= 4 is 5.82 Å². The highest BCUT2D eigenvalue weighted by atomic mass is 19.1. The molecule has 3 N–H and O–H groups in total. The van der Waals surface area contributed by atoms with Crippen molar-refractivity contribution in [3.8, 4) is 5.69 Å². The van der Waals surface area contributed by atoms with Gasteiger partial charge in [0, 0.05) is 24.6 Å². The van der Waals surface area contributed by atoms with Crippen molar-refractivity contribution in [3.63, 3.8) is 0 Å². The highest BCUT2D eigenvalue weighted by Gasteiger charge is 2.24. The average molecular weight is 274 g/mol. The first-order valence-corrected chi connectivity index (χ1v) is 6.86. The first kappa shape index (κ1) is 13.1. The van der Waals surface area contributed by atoms with Crippen LogP contribution in [0.2, 0.25) is 0 Å². The molecule has 5 heteroatoms. The van der Waals surface area contributed by atoms with Crippen LogP contribution in [0.1, 0.15) is 35.3 Å². The molecule has 0 radical (unpaired) electrons. The molecule has 2 heterocycles. The number of halogens is 1. The van der Waals surface area contributed by atoms with E-state index in [1.807, 2.05) is 0 Å². The number of anilines is 1. The van der Waals surface area contributed by atoms with E-state index >= 15 is 0 Å². The van der Waals surface area contributed by atoms with Gasteiger partial charge in [0.25, 0.3) is 0 Å². The lowest BCUT2D eigenvalue weighted by molar-refractivity contribution is 0.538. The maximum absolute atomic E-state index is 13.7. The Labute approximate surface area is 117 Å². The third kappa shape index (κ3) is 1.89. The number of benzene rings is 1. The highest BCUT2D eigenvalue weighted by Crippen LogP contribution is 2.30. The summed E-state index contributed by atoms with van der Waals surface area (Å²) < 4.78 is 15.5. The molecule has 2 aromatic rings. The van der Waals surface area contributed by atoms with Crippen molar-refractivity contribution in [3.05, 3.63) is 40.3 Å². The predicted octanol–water partition coefficient (Wildman–Crippen LogP) is 2.42. The van der Waals surface area contributed by atoms with Gasteiger partial charge < -0.3 is 11.1 Å². The molecule has 20 heavy (non-hydrogen) atoms. The van der Waals surface area contributed by atoms with Gasteiger partial charge in [-0.2, -0.15) is 5.10 Å². The second-order valence-corrected chi connectivity index (χ2v) is 5.48. The Balaban J connectivity index is 2.16. The molecule has 106 valence electrons. The second-order valence-electron chi connectivity index (χ2n) is 5.48. The fraction of sp³-hybridized carbons (Fsp3) is 0.400. The van der Waals surface area contributed by atoms with E-state index < -0.39 is 0 Å². The lowest BCUT2D eigenvalue weighted by Gasteiger charge is -2.19. The van der Waals surface area contributed by atoms with Crippen molar-refractivity contribution in [2.24, 2.45) is 0 Å². The number of hydrogen-bond acceptors (Lipinski definition) is 3. The third-order valence-electron chi connectivity index (χ3n) is 3.95. The van der Waals surface area contributed by atoms with Crippen LogP contribution in [0.15, 0.2) is 12.1 Å². The molecule has 1 aliphatic heterocycles. The summed E-state index contributed by atoms with van der Waals surface area (Å²) >= 11 is 0. The number of aromatic nitrogens is 2. The largest absolute Gasteiger partial charge is 0.383 e. The first-order chi connectivity index (χ1) is 9.49. The van der Waals surface area contributed by atoms with E-state index in [4.69, 9.17) is 5.73 Å². The average Bonchev–Trinajstić information content (AvgIpc) is 2.74. The van der Waals surface area contributed by atoms with Gasteiger partial charge in [-0.3, -0.25) is 0 Å². The van der Waals surface area contributed by atoms with Crippen LogP contribution in [-0.4, -0.2) is 16.3 Å². The van der Waals surface area contributed by atoms with Gasteiger partial charge in [-0.15, -0.1) is 0 Å². The van der Waals surface area contributed by atoms with E-state index in [9.17, 15) is 4.39 Å². The number of hydrogen-bond donors (Lipinski definition) is 2. The number of nitrogens with two attached hydrogens (primary N) is 1. The lowest BCUT2D eigenvalue weighted by Crippen LogP contribution is -2.27. The van der Waals surface area contributed by atoms with E-state index in [2.05, 4.69) is 17.3 Å². The van der Waals surface area contributed by atoms with Crippen molar-refractivity contribution in [2.45, 2.75) is 33.2 Å². The van der Waals surface area contributed by atoms with Crippen molar-refractivity contribution in [1.29, 1.82) is 0 Å². The molecule has 0 bridgehead atoms. The summed E-state index contributed by atoms with van der Waals surface area (Å²) in [6.07, 6.45) is 0.871. The number of nitrogens with one attached hydrogen (secondary N) is 1. The normalized spacial score (nSPS) is 18.1. The molecule has 0 unspecified atom stereocenters. The van der Waals surface area contributed by atoms with Crippen molar-refractivity contribution in [1.82, 2.24) is 15.1 Å². The van der Waals surface area contributed by atoms with Gasteiger partial charge in [-0.1, -0.05) is 0 Å². The quantitative estimate of drug-likeness (QED) is 0.839. The molecule has 1 aromatic heterocycles. The minimum Gasteiger partial charge on any atom is -0.383 e. The second kappa shape index (κ2) is 4.59. The van der Waals surface area contributed by atoms with Crippen molar-refractivity contribution < 1.29 is 4.39 Å². The van der Waals surface area contributed by atoms with Crippen LogP contribution in [0.3, 0.4) is 0 Å². The minimum absolute atomic E-state index is 0.167. The molecule has 1 atom stereocenters. The van der Waals surface area contributed by atoms with Crippen LogP contribution in [0, 0.1) is 19.7 Å². The maximum Gasteiger partial charge on any atom is 0.132 e. The first-order valence-electron chi connectivity index (χ1n) is 6.86. The van der Waals surface area contributed by atoms with E-state index in [0.717, 1.165) is 29.9 Å². The van der Waals surface area contributed by atoms with Gasteiger partial charge in [-0.25, -0.2) is 9.07 Å².